The van der Waals surface area contributed by atoms with Crippen molar-refractivity contribution in [3.05, 3.63) is 27.3 Å². The Bertz CT molecular complexity index is 555. The number of nitrogen functional groups attached to an aromatic ring is 1. The van der Waals surface area contributed by atoms with Gasteiger partial charge in [0.2, 0.25) is 0 Å². The fourth-order valence-electron chi connectivity index (χ4n) is 1.58. The van der Waals surface area contributed by atoms with Crippen LogP contribution in [0.1, 0.15) is 9.75 Å². The van der Waals surface area contributed by atoms with Crippen molar-refractivity contribution in [2.75, 3.05) is 24.7 Å². The molecule has 0 fully saturated rings. The molecule has 0 atom stereocenters. The minimum atomic E-state index is 0.420. The van der Waals surface area contributed by atoms with Gasteiger partial charge in [-0.25, -0.2) is 0 Å². The molecular weight excluding hydrogens is 266 g/mol. The molecule has 0 aliphatic carbocycles. The molecule has 0 aliphatic heterocycles. The standard InChI is InChI=1S/C12H13N3OS2/c1-16-11-10(14)9(7-13)18-12(11)15-5-4-8-3-2-6-17-8/h2-3,6,15H,4-5,14H2,1H3. The Labute approximate surface area is 114 Å². The molecule has 0 aromatic carbocycles. The maximum atomic E-state index is 8.93. The van der Waals surface area contributed by atoms with Crippen molar-refractivity contribution in [1.29, 1.82) is 5.26 Å². The topological polar surface area (TPSA) is 71.1 Å². The number of anilines is 2. The zero-order valence-electron chi connectivity index (χ0n) is 9.90. The third-order valence-electron chi connectivity index (χ3n) is 2.44. The summed E-state index contributed by atoms with van der Waals surface area (Å²) in [6.45, 7) is 0.793. The van der Waals surface area contributed by atoms with Crippen LogP contribution in [0.5, 0.6) is 5.75 Å². The molecule has 94 valence electrons. The minimum absolute atomic E-state index is 0.420. The molecule has 4 nitrogen and oxygen atoms in total. The first-order valence-corrected chi connectivity index (χ1v) is 7.08. The van der Waals surface area contributed by atoms with Crippen molar-refractivity contribution in [2.45, 2.75) is 6.42 Å². The number of nitrogens with zero attached hydrogens (tertiary/aromatic N) is 1. The average Bonchev–Trinajstić information content (AvgIpc) is 2.97. The Kier molecular flexibility index (Phi) is 4.07. The van der Waals surface area contributed by atoms with Gasteiger partial charge in [-0.2, -0.15) is 5.26 Å². The number of hydrogen-bond acceptors (Lipinski definition) is 6. The van der Waals surface area contributed by atoms with Gasteiger partial charge >= 0.3 is 0 Å². The van der Waals surface area contributed by atoms with Crippen LogP contribution in [-0.2, 0) is 6.42 Å². The summed E-state index contributed by atoms with van der Waals surface area (Å²) in [6, 6.07) is 6.21. The SMILES string of the molecule is COc1c(NCCc2cccs2)sc(C#N)c1N. The second-order valence-corrected chi connectivity index (χ2v) is 5.63. The van der Waals surface area contributed by atoms with Crippen LogP contribution >= 0.6 is 22.7 Å². The third-order valence-corrected chi connectivity index (χ3v) is 4.43. The summed E-state index contributed by atoms with van der Waals surface area (Å²) in [7, 11) is 1.56. The van der Waals surface area contributed by atoms with E-state index in [0.717, 1.165) is 18.0 Å². The summed E-state index contributed by atoms with van der Waals surface area (Å²) in [4.78, 5) is 1.82. The first-order valence-electron chi connectivity index (χ1n) is 5.39. The molecular formula is C12H13N3OS2. The first kappa shape index (κ1) is 12.7. The molecule has 0 amide bonds. The molecule has 0 bridgehead atoms. The van der Waals surface area contributed by atoms with Crippen molar-refractivity contribution >= 4 is 33.4 Å². The van der Waals surface area contributed by atoms with Gasteiger partial charge < -0.3 is 15.8 Å². The van der Waals surface area contributed by atoms with E-state index in [4.69, 9.17) is 15.7 Å². The van der Waals surface area contributed by atoms with Gasteiger partial charge in [0.1, 0.15) is 21.6 Å². The summed E-state index contributed by atoms with van der Waals surface area (Å²) in [6.07, 6.45) is 0.945. The van der Waals surface area contributed by atoms with Gasteiger partial charge in [-0.1, -0.05) is 6.07 Å². The highest BCUT2D eigenvalue weighted by molar-refractivity contribution is 7.17. The van der Waals surface area contributed by atoms with Crippen molar-refractivity contribution in [1.82, 2.24) is 0 Å². The first-order chi connectivity index (χ1) is 8.76. The van der Waals surface area contributed by atoms with Gasteiger partial charge in [-0.15, -0.1) is 22.7 Å². The molecule has 0 spiro atoms. The predicted molar refractivity (Wildman–Crippen MR) is 76.5 cm³/mol. The van der Waals surface area contributed by atoms with E-state index in [1.807, 2.05) is 6.07 Å². The lowest BCUT2D eigenvalue weighted by molar-refractivity contribution is 0.420. The van der Waals surface area contributed by atoms with Crippen LogP contribution in [0, 0.1) is 11.3 Å². The summed E-state index contributed by atoms with van der Waals surface area (Å²) >= 11 is 3.07. The van der Waals surface area contributed by atoms with E-state index in [1.54, 1.807) is 18.4 Å². The average molecular weight is 279 g/mol. The lowest BCUT2D eigenvalue weighted by Gasteiger charge is -2.05. The maximum absolute atomic E-state index is 8.93. The fourth-order valence-corrected chi connectivity index (χ4v) is 3.21. The summed E-state index contributed by atoms with van der Waals surface area (Å²) in [5.74, 6) is 0.572. The maximum Gasteiger partial charge on any atom is 0.177 e. The van der Waals surface area contributed by atoms with Crippen LogP contribution in [0.25, 0.3) is 0 Å². The van der Waals surface area contributed by atoms with Crippen LogP contribution in [0.2, 0.25) is 0 Å². The van der Waals surface area contributed by atoms with Crippen molar-refractivity contribution in [3.8, 4) is 11.8 Å². The molecule has 3 N–H and O–H groups in total. The van der Waals surface area contributed by atoms with Gasteiger partial charge in [0.25, 0.3) is 0 Å². The third kappa shape index (κ3) is 2.58. The van der Waals surface area contributed by atoms with E-state index in [2.05, 4.69) is 22.8 Å². The van der Waals surface area contributed by atoms with Crippen molar-refractivity contribution in [2.24, 2.45) is 0 Å². The number of methoxy groups -OCH3 is 1. The number of hydrogen-bond donors (Lipinski definition) is 2. The summed E-state index contributed by atoms with van der Waals surface area (Å²) < 4.78 is 5.22. The molecule has 0 aliphatic rings. The van der Waals surface area contributed by atoms with Crippen LogP contribution in [0.3, 0.4) is 0 Å². The second-order valence-electron chi connectivity index (χ2n) is 3.58. The fraction of sp³-hybridized carbons (Fsp3) is 0.250. The molecule has 0 saturated heterocycles. The quantitative estimate of drug-likeness (QED) is 0.882. The molecule has 0 saturated carbocycles. The van der Waals surface area contributed by atoms with E-state index < -0.39 is 0 Å². The molecule has 2 heterocycles. The second kappa shape index (κ2) is 5.76. The van der Waals surface area contributed by atoms with Crippen molar-refractivity contribution in [3.63, 3.8) is 0 Å². The normalized spacial score (nSPS) is 10.0. The monoisotopic (exact) mass is 279 g/mol. The molecule has 2 aromatic heterocycles. The lowest BCUT2D eigenvalue weighted by Crippen LogP contribution is -2.03. The molecule has 18 heavy (non-hydrogen) atoms. The van der Waals surface area contributed by atoms with Gasteiger partial charge in [-0.3, -0.25) is 0 Å². The zero-order chi connectivity index (χ0) is 13.0. The Morgan fingerprint density at radius 2 is 2.39 bits per heavy atom. The van der Waals surface area contributed by atoms with E-state index >= 15 is 0 Å². The highest BCUT2D eigenvalue weighted by Crippen LogP contribution is 2.41. The Hall–Kier alpha value is -1.71. The van der Waals surface area contributed by atoms with Gasteiger partial charge in [-0.05, 0) is 17.9 Å². The smallest absolute Gasteiger partial charge is 0.177 e. The highest BCUT2D eigenvalue weighted by Gasteiger charge is 2.16. The number of thiophene rings is 2. The van der Waals surface area contributed by atoms with Crippen LogP contribution in [0.15, 0.2) is 17.5 Å². The van der Waals surface area contributed by atoms with Crippen LogP contribution < -0.4 is 15.8 Å². The summed E-state index contributed by atoms with van der Waals surface area (Å²) in [5.41, 5.74) is 6.24. The van der Waals surface area contributed by atoms with Crippen LogP contribution in [-0.4, -0.2) is 13.7 Å². The summed E-state index contributed by atoms with van der Waals surface area (Å²) in [5, 5.41) is 15.1. The Balaban J connectivity index is 2.03. The van der Waals surface area contributed by atoms with Crippen molar-refractivity contribution < 1.29 is 4.74 Å². The van der Waals surface area contributed by atoms with E-state index in [0.29, 0.717) is 16.3 Å². The van der Waals surface area contributed by atoms with E-state index in [1.165, 1.54) is 16.2 Å². The van der Waals surface area contributed by atoms with E-state index in [9.17, 15) is 0 Å². The lowest BCUT2D eigenvalue weighted by atomic mass is 10.3. The van der Waals surface area contributed by atoms with E-state index in [-0.39, 0.29) is 0 Å². The zero-order valence-corrected chi connectivity index (χ0v) is 11.5. The minimum Gasteiger partial charge on any atom is -0.492 e. The largest absolute Gasteiger partial charge is 0.492 e. The molecule has 6 heteroatoms. The number of nitrogens with two attached hydrogens (primary N) is 1. The number of nitriles is 1. The van der Waals surface area contributed by atoms with Gasteiger partial charge in [0.15, 0.2) is 5.75 Å². The number of ether oxygens (including phenoxy) is 1. The van der Waals surface area contributed by atoms with Gasteiger partial charge in [0.05, 0.1) is 7.11 Å². The Morgan fingerprint density at radius 3 is 3.00 bits per heavy atom. The Morgan fingerprint density at radius 1 is 1.56 bits per heavy atom. The highest BCUT2D eigenvalue weighted by atomic mass is 32.1. The number of nitrogens with one attached hydrogen (secondary N) is 1. The molecule has 0 radical (unpaired) electrons. The van der Waals surface area contributed by atoms with Gasteiger partial charge in [0, 0.05) is 11.4 Å². The molecule has 0 unspecified atom stereocenters. The molecule has 2 aromatic rings. The predicted octanol–water partition coefficient (Wildman–Crippen LogP) is 2.93. The van der Waals surface area contributed by atoms with Crippen LogP contribution in [0.4, 0.5) is 10.7 Å². The number of rotatable bonds is 5. The molecule has 2 rings (SSSR count).